The zero-order valence-corrected chi connectivity index (χ0v) is 23.7. The topological polar surface area (TPSA) is 74.6 Å². The lowest BCUT2D eigenvalue weighted by Crippen LogP contribution is -2.33. The Morgan fingerprint density at radius 2 is 1.24 bits per heavy atom. The quantitative estimate of drug-likeness (QED) is 0.445. The Bertz CT molecular complexity index is 1130. The van der Waals surface area contributed by atoms with Gasteiger partial charge in [-0.3, -0.25) is 9.80 Å². The predicted octanol–water partition coefficient (Wildman–Crippen LogP) is 6.06. The van der Waals surface area contributed by atoms with Crippen molar-refractivity contribution < 1.29 is 24.4 Å². The van der Waals surface area contributed by atoms with Crippen molar-refractivity contribution in [1.29, 1.82) is 0 Å². The molecule has 2 unspecified atom stereocenters. The molecule has 0 saturated heterocycles. The highest BCUT2D eigenvalue weighted by atomic mass is 16.5. The molecule has 37 heavy (non-hydrogen) atoms. The molecule has 0 amide bonds. The van der Waals surface area contributed by atoms with E-state index in [1.807, 2.05) is 12.1 Å². The molecule has 0 fully saturated rings. The van der Waals surface area contributed by atoms with Crippen LogP contribution in [0.15, 0.2) is 12.1 Å². The van der Waals surface area contributed by atoms with Crippen molar-refractivity contribution >= 4 is 0 Å². The van der Waals surface area contributed by atoms with Crippen LogP contribution < -0.4 is 14.2 Å². The molecule has 7 nitrogen and oxygen atoms in total. The molecular formula is C30H44N2O5. The molecule has 0 aromatic heterocycles. The number of rotatable bonds is 8. The maximum Gasteiger partial charge on any atom is 0.211 e. The molecule has 2 N–H and O–H groups in total. The van der Waals surface area contributed by atoms with Crippen LogP contribution in [0.4, 0.5) is 0 Å². The Morgan fingerprint density at radius 3 is 1.76 bits per heavy atom. The largest absolute Gasteiger partial charge is 0.504 e. The van der Waals surface area contributed by atoms with Crippen molar-refractivity contribution in [3.8, 4) is 34.5 Å². The number of phenolic OH excluding ortho intramolecular Hbond substituents is 2. The van der Waals surface area contributed by atoms with Gasteiger partial charge in [0.1, 0.15) is 0 Å². The van der Waals surface area contributed by atoms with E-state index in [1.165, 1.54) is 0 Å². The normalized spacial score (nSPS) is 20.2. The zero-order chi connectivity index (χ0) is 27.0. The summed E-state index contributed by atoms with van der Waals surface area (Å²) in [5, 5.41) is 23.1. The molecule has 2 atom stereocenters. The molecule has 2 aromatic rings. The maximum absolute atomic E-state index is 11.7. The first-order valence-electron chi connectivity index (χ1n) is 13.5. The van der Waals surface area contributed by atoms with Gasteiger partial charge in [0.05, 0.1) is 14.2 Å². The van der Waals surface area contributed by atoms with Crippen LogP contribution >= 0.6 is 0 Å². The molecule has 2 aliphatic heterocycles. The highest BCUT2D eigenvalue weighted by Gasteiger charge is 2.36. The van der Waals surface area contributed by atoms with Crippen LogP contribution in [-0.2, 0) is 12.8 Å². The van der Waals surface area contributed by atoms with E-state index in [9.17, 15) is 10.2 Å². The first-order chi connectivity index (χ1) is 17.6. The standard InChI is InChI=1S/C30H44N2O5/c1-17(2)13-21-25-19(9-11-31(21)5)16-24(36-8)29(28(25)34)37-30-26-20(15-23(35-7)27(30)33)10-12-32(6)22(26)14-18(3)4/h15-18,21-22,33-34H,9-14H2,1-8H3. The molecule has 0 spiro atoms. The third-order valence-corrected chi connectivity index (χ3v) is 7.92. The first kappa shape index (κ1) is 27.4. The molecule has 2 heterocycles. The molecule has 2 aromatic carbocycles. The minimum Gasteiger partial charge on any atom is -0.504 e. The molecular weight excluding hydrogens is 468 g/mol. The van der Waals surface area contributed by atoms with Crippen molar-refractivity contribution in [2.75, 3.05) is 41.4 Å². The van der Waals surface area contributed by atoms with Crippen LogP contribution in [0.3, 0.4) is 0 Å². The van der Waals surface area contributed by atoms with Gasteiger partial charge in [-0.25, -0.2) is 0 Å². The fraction of sp³-hybridized carbons (Fsp3) is 0.600. The number of hydrogen-bond donors (Lipinski definition) is 2. The lowest BCUT2D eigenvalue weighted by Gasteiger charge is -2.38. The van der Waals surface area contributed by atoms with E-state index in [4.69, 9.17) is 14.2 Å². The van der Waals surface area contributed by atoms with Gasteiger partial charge < -0.3 is 24.4 Å². The summed E-state index contributed by atoms with van der Waals surface area (Å²) < 4.78 is 17.8. The van der Waals surface area contributed by atoms with Crippen LogP contribution in [0.1, 0.15) is 74.9 Å². The third-order valence-electron chi connectivity index (χ3n) is 7.92. The Labute approximate surface area is 221 Å². The summed E-state index contributed by atoms with van der Waals surface area (Å²) in [6.45, 7) is 10.6. The van der Waals surface area contributed by atoms with E-state index in [1.54, 1.807) is 14.2 Å². The summed E-state index contributed by atoms with van der Waals surface area (Å²) in [7, 11) is 7.36. The van der Waals surface area contributed by atoms with Gasteiger partial charge in [-0.15, -0.1) is 0 Å². The van der Waals surface area contributed by atoms with E-state index >= 15 is 0 Å². The van der Waals surface area contributed by atoms with E-state index in [0.29, 0.717) is 29.1 Å². The van der Waals surface area contributed by atoms with Crippen LogP contribution in [0.25, 0.3) is 0 Å². The van der Waals surface area contributed by atoms with Gasteiger partial charge in [0.25, 0.3) is 0 Å². The van der Waals surface area contributed by atoms with E-state index in [-0.39, 0.29) is 29.3 Å². The number of hydrogen-bond acceptors (Lipinski definition) is 7. The van der Waals surface area contributed by atoms with Crippen molar-refractivity contribution in [3.05, 3.63) is 34.4 Å². The van der Waals surface area contributed by atoms with Crippen LogP contribution in [0.2, 0.25) is 0 Å². The molecule has 7 heteroatoms. The number of ether oxygens (including phenoxy) is 3. The van der Waals surface area contributed by atoms with Gasteiger partial charge in [0, 0.05) is 36.3 Å². The van der Waals surface area contributed by atoms with E-state index in [2.05, 4.69) is 51.6 Å². The Kier molecular flexibility index (Phi) is 8.14. The van der Waals surface area contributed by atoms with E-state index < -0.39 is 0 Å². The van der Waals surface area contributed by atoms with Gasteiger partial charge in [-0.05, 0) is 74.9 Å². The molecule has 0 aliphatic carbocycles. The highest BCUT2D eigenvalue weighted by Crippen LogP contribution is 2.54. The second-order valence-corrected chi connectivity index (χ2v) is 11.5. The summed E-state index contributed by atoms with van der Waals surface area (Å²) >= 11 is 0. The fourth-order valence-corrected chi connectivity index (χ4v) is 5.98. The molecule has 2 aliphatic rings. The zero-order valence-electron chi connectivity index (χ0n) is 23.7. The molecule has 4 rings (SSSR count). The number of phenols is 2. The number of likely N-dealkylation sites (N-methyl/N-ethyl adjacent to an activating group) is 2. The average Bonchev–Trinajstić information content (AvgIpc) is 2.84. The number of fused-ring (bicyclic) bond motifs is 2. The number of nitrogens with zero attached hydrogens (tertiary/aromatic N) is 2. The number of benzene rings is 2. The molecule has 204 valence electrons. The Hall–Kier alpha value is -2.64. The van der Waals surface area contributed by atoms with Crippen molar-refractivity contribution in [1.82, 2.24) is 9.80 Å². The smallest absolute Gasteiger partial charge is 0.211 e. The summed E-state index contributed by atoms with van der Waals surface area (Å²) in [6, 6.07) is 4.06. The lowest BCUT2D eigenvalue weighted by atomic mass is 9.86. The van der Waals surface area contributed by atoms with Crippen molar-refractivity contribution in [2.24, 2.45) is 11.8 Å². The van der Waals surface area contributed by atoms with Crippen LogP contribution in [0, 0.1) is 11.8 Å². The molecule has 0 bridgehead atoms. The number of aromatic hydroxyl groups is 2. The van der Waals surface area contributed by atoms with Gasteiger partial charge in [0.2, 0.25) is 11.5 Å². The lowest BCUT2D eigenvalue weighted by molar-refractivity contribution is 0.192. The second-order valence-electron chi connectivity index (χ2n) is 11.5. The third kappa shape index (κ3) is 5.21. The Balaban J connectivity index is 1.91. The van der Waals surface area contributed by atoms with Crippen molar-refractivity contribution in [3.63, 3.8) is 0 Å². The van der Waals surface area contributed by atoms with Gasteiger partial charge >= 0.3 is 0 Å². The van der Waals surface area contributed by atoms with Crippen molar-refractivity contribution in [2.45, 2.75) is 65.5 Å². The average molecular weight is 513 g/mol. The molecule has 0 saturated carbocycles. The van der Waals surface area contributed by atoms with Gasteiger partial charge in [0.15, 0.2) is 23.0 Å². The summed E-state index contributed by atoms with van der Waals surface area (Å²) in [4.78, 5) is 4.62. The van der Waals surface area contributed by atoms with E-state index in [0.717, 1.165) is 61.0 Å². The summed E-state index contributed by atoms with van der Waals surface area (Å²) in [6.07, 6.45) is 3.48. The van der Waals surface area contributed by atoms with Gasteiger partial charge in [-0.1, -0.05) is 27.7 Å². The summed E-state index contributed by atoms with van der Waals surface area (Å²) in [5.41, 5.74) is 4.03. The summed E-state index contributed by atoms with van der Waals surface area (Å²) in [5.74, 6) is 2.37. The monoisotopic (exact) mass is 512 g/mol. The first-order valence-corrected chi connectivity index (χ1v) is 13.5. The molecule has 0 radical (unpaired) electrons. The fourth-order valence-electron chi connectivity index (χ4n) is 5.98. The van der Waals surface area contributed by atoms with Crippen LogP contribution in [-0.4, -0.2) is 61.4 Å². The minimum atomic E-state index is -0.0553. The number of methoxy groups -OCH3 is 2. The predicted molar refractivity (Wildman–Crippen MR) is 146 cm³/mol. The Morgan fingerprint density at radius 1 is 0.757 bits per heavy atom. The van der Waals surface area contributed by atoms with Gasteiger partial charge in [-0.2, -0.15) is 0 Å². The van der Waals surface area contributed by atoms with Crippen LogP contribution in [0.5, 0.6) is 34.5 Å². The second kappa shape index (κ2) is 11.0. The minimum absolute atomic E-state index is 0.0553. The highest BCUT2D eigenvalue weighted by molar-refractivity contribution is 5.66. The maximum atomic E-state index is 11.7. The SMILES string of the molecule is COc1cc2c(c(Oc3c(OC)cc4c(c3O)C(CC(C)C)N(C)CC4)c1O)C(CC(C)C)N(C)CC2.